The van der Waals surface area contributed by atoms with Crippen LogP contribution in [0.3, 0.4) is 0 Å². The van der Waals surface area contributed by atoms with E-state index in [1.54, 1.807) is 36.1 Å². The molecule has 1 heterocycles. The largest absolute Gasteiger partial charge is 0.389 e. The highest BCUT2D eigenvalue weighted by atomic mass is 16.3. The third-order valence-corrected chi connectivity index (χ3v) is 7.27. The monoisotopic (exact) mass is 488 g/mol. The summed E-state index contributed by atoms with van der Waals surface area (Å²) in [4.78, 5) is 40.9. The molecule has 8 heteroatoms. The summed E-state index contributed by atoms with van der Waals surface area (Å²) >= 11 is 0. The molecular formula is C28H32N4O4. The lowest BCUT2D eigenvalue weighted by molar-refractivity contribution is -0.150. The molecule has 188 valence electrons. The molecule has 1 aromatic heterocycles. The second-order valence-electron chi connectivity index (χ2n) is 9.90. The second kappa shape index (κ2) is 9.70. The molecule has 2 amide bonds. The lowest BCUT2D eigenvalue weighted by Gasteiger charge is -2.44. The van der Waals surface area contributed by atoms with Gasteiger partial charge in [-0.1, -0.05) is 36.4 Å². The Morgan fingerprint density at radius 1 is 0.972 bits per heavy atom. The van der Waals surface area contributed by atoms with Crippen molar-refractivity contribution in [3.05, 3.63) is 77.1 Å². The van der Waals surface area contributed by atoms with Crippen molar-refractivity contribution in [2.45, 2.75) is 45.6 Å². The summed E-state index contributed by atoms with van der Waals surface area (Å²) in [5, 5.41) is 21.6. The Bertz CT molecular complexity index is 1330. The molecule has 1 saturated carbocycles. The fraction of sp³-hybridized carbons (Fsp3) is 0.357. The smallest absolute Gasteiger partial charge is 0.235 e. The third-order valence-electron chi connectivity index (χ3n) is 7.27. The first kappa shape index (κ1) is 25.3. The van der Waals surface area contributed by atoms with Crippen LogP contribution in [0.15, 0.2) is 54.7 Å². The average Bonchev–Trinajstić information content (AvgIpc) is 3.13. The minimum atomic E-state index is -1.67. The summed E-state index contributed by atoms with van der Waals surface area (Å²) in [5.74, 6) is -4.55. The molecule has 0 bridgehead atoms. The topological polar surface area (TPSA) is 113 Å². The highest BCUT2D eigenvalue weighted by Crippen LogP contribution is 2.47. The normalized spacial score (nSPS) is 23.8. The lowest BCUT2D eigenvalue weighted by Crippen LogP contribution is -2.56. The molecule has 1 aliphatic carbocycles. The molecule has 0 unspecified atom stereocenters. The first-order chi connectivity index (χ1) is 17.0. The first-order valence-corrected chi connectivity index (χ1v) is 12.0. The number of rotatable bonds is 5. The Morgan fingerprint density at radius 2 is 1.50 bits per heavy atom. The van der Waals surface area contributed by atoms with Gasteiger partial charge in [0.2, 0.25) is 11.8 Å². The Morgan fingerprint density at radius 3 is 2.00 bits per heavy atom. The first-order valence-electron chi connectivity index (χ1n) is 12.0. The van der Waals surface area contributed by atoms with Gasteiger partial charge in [-0.2, -0.15) is 5.10 Å². The van der Waals surface area contributed by atoms with E-state index in [1.807, 2.05) is 51.1 Å². The zero-order valence-corrected chi connectivity index (χ0v) is 21.2. The van der Waals surface area contributed by atoms with Gasteiger partial charge in [-0.05, 0) is 56.5 Å². The van der Waals surface area contributed by atoms with E-state index in [-0.39, 0.29) is 6.42 Å². The summed E-state index contributed by atoms with van der Waals surface area (Å²) in [6.07, 6.45) is 1.26. The van der Waals surface area contributed by atoms with Crippen LogP contribution in [0, 0.1) is 32.6 Å². The number of carbonyl (C=O) groups excluding carboxylic acids is 3. The van der Waals surface area contributed by atoms with Gasteiger partial charge >= 0.3 is 0 Å². The number of nitrogens with one attached hydrogen (secondary N) is 2. The number of Topliss-reactive ketones (excluding diaryl/α,β-unsaturated/α-hetero) is 1. The number of ketones is 1. The van der Waals surface area contributed by atoms with Gasteiger partial charge in [0.25, 0.3) is 0 Å². The molecule has 1 fully saturated rings. The van der Waals surface area contributed by atoms with E-state index in [0.717, 1.165) is 11.1 Å². The quantitative estimate of drug-likeness (QED) is 0.475. The standard InChI is InChI=1S/C28H32N4O4/c1-16-10-6-8-12-20(16)30-26(34)24-22(33)14-28(4,36)25(23(24)19-15-29-32(5)18(19)3)27(35)31-21-13-9-7-11-17(21)2/h6-13,15,23-25,36H,14H2,1-5H3,(H,30,34)(H,31,35)/t23-,24+,25-,28+/m1/s1. The van der Waals surface area contributed by atoms with Gasteiger partial charge in [-0.3, -0.25) is 19.1 Å². The van der Waals surface area contributed by atoms with Crippen LogP contribution < -0.4 is 10.6 Å². The highest BCUT2D eigenvalue weighted by molar-refractivity contribution is 6.10. The molecule has 8 nitrogen and oxygen atoms in total. The lowest BCUT2D eigenvalue weighted by atomic mass is 9.61. The van der Waals surface area contributed by atoms with Gasteiger partial charge < -0.3 is 15.7 Å². The van der Waals surface area contributed by atoms with E-state index in [0.29, 0.717) is 22.6 Å². The predicted octanol–water partition coefficient (Wildman–Crippen LogP) is 3.66. The summed E-state index contributed by atoms with van der Waals surface area (Å²) in [7, 11) is 1.76. The molecule has 36 heavy (non-hydrogen) atoms. The van der Waals surface area contributed by atoms with E-state index in [9.17, 15) is 19.5 Å². The summed E-state index contributed by atoms with van der Waals surface area (Å²) < 4.78 is 1.63. The number of anilines is 2. The molecule has 3 N–H and O–H groups in total. The van der Waals surface area contributed by atoms with E-state index in [1.165, 1.54) is 6.92 Å². The highest BCUT2D eigenvalue weighted by Gasteiger charge is 2.56. The number of nitrogens with zero attached hydrogens (tertiary/aromatic N) is 2. The molecule has 0 aliphatic heterocycles. The molecule has 2 aromatic carbocycles. The van der Waals surface area contributed by atoms with Crippen molar-refractivity contribution < 1.29 is 19.5 Å². The Kier molecular flexibility index (Phi) is 6.82. The van der Waals surface area contributed by atoms with Gasteiger partial charge in [0.05, 0.1) is 17.7 Å². The van der Waals surface area contributed by atoms with Crippen LogP contribution in [0.4, 0.5) is 11.4 Å². The average molecular weight is 489 g/mol. The fourth-order valence-electron chi connectivity index (χ4n) is 5.16. The molecular weight excluding hydrogens is 456 g/mol. The number of hydrogen-bond acceptors (Lipinski definition) is 5. The second-order valence-corrected chi connectivity index (χ2v) is 9.90. The van der Waals surface area contributed by atoms with Crippen molar-refractivity contribution in [3.8, 4) is 0 Å². The number of amides is 2. The Labute approximate surface area is 210 Å². The molecule has 0 radical (unpaired) electrons. The summed E-state index contributed by atoms with van der Waals surface area (Å²) in [5.41, 5.74) is 2.54. The van der Waals surface area contributed by atoms with Crippen molar-refractivity contribution >= 4 is 29.0 Å². The van der Waals surface area contributed by atoms with Crippen LogP contribution in [0.25, 0.3) is 0 Å². The number of aryl methyl sites for hydroxylation is 3. The molecule has 0 spiro atoms. The maximum absolute atomic E-state index is 13.8. The van der Waals surface area contributed by atoms with Crippen molar-refractivity contribution in [1.82, 2.24) is 9.78 Å². The summed E-state index contributed by atoms with van der Waals surface area (Å²) in [6, 6.07) is 14.6. The minimum absolute atomic E-state index is 0.319. The SMILES string of the molecule is Cc1ccccc1NC(=O)[C@H]1C(=O)C[C@](C)(O)[C@@H](C(=O)Nc2ccccc2C)[C@@H]1c1cnn(C)c1C. The van der Waals surface area contributed by atoms with Crippen LogP contribution in [-0.4, -0.2) is 38.1 Å². The van der Waals surface area contributed by atoms with E-state index in [4.69, 9.17) is 0 Å². The minimum Gasteiger partial charge on any atom is -0.389 e. The van der Waals surface area contributed by atoms with Crippen LogP contribution in [0.1, 0.15) is 41.6 Å². The number of aliphatic hydroxyl groups is 1. The van der Waals surface area contributed by atoms with Crippen molar-refractivity contribution in [1.29, 1.82) is 0 Å². The maximum Gasteiger partial charge on any atom is 0.235 e. The Hall–Kier alpha value is -3.78. The molecule has 3 aromatic rings. The number of hydrogen-bond donors (Lipinski definition) is 3. The zero-order chi connectivity index (χ0) is 26.2. The van der Waals surface area contributed by atoms with Gasteiger partial charge in [-0.15, -0.1) is 0 Å². The van der Waals surface area contributed by atoms with Gasteiger partial charge in [-0.25, -0.2) is 0 Å². The van der Waals surface area contributed by atoms with E-state index < -0.39 is 41.0 Å². The van der Waals surface area contributed by atoms with Gasteiger partial charge in [0.1, 0.15) is 11.7 Å². The molecule has 4 rings (SSSR count). The van der Waals surface area contributed by atoms with Gasteiger partial charge in [0, 0.05) is 36.5 Å². The molecule has 4 atom stereocenters. The number of carbonyl (C=O) groups is 3. The van der Waals surface area contributed by atoms with Crippen LogP contribution in [0.2, 0.25) is 0 Å². The van der Waals surface area contributed by atoms with E-state index >= 15 is 0 Å². The van der Waals surface area contributed by atoms with Crippen LogP contribution >= 0.6 is 0 Å². The third kappa shape index (κ3) is 4.68. The molecule has 0 saturated heterocycles. The van der Waals surface area contributed by atoms with E-state index in [2.05, 4.69) is 15.7 Å². The fourth-order valence-corrected chi connectivity index (χ4v) is 5.16. The number of para-hydroxylation sites is 2. The van der Waals surface area contributed by atoms with Gasteiger partial charge in [0.15, 0.2) is 0 Å². The van der Waals surface area contributed by atoms with Crippen molar-refractivity contribution in [2.24, 2.45) is 18.9 Å². The predicted molar refractivity (Wildman–Crippen MR) is 138 cm³/mol. The van der Waals surface area contributed by atoms with Crippen LogP contribution in [0.5, 0.6) is 0 Å². The van der Waals surface area contributed by atoms with Crippen molar-refractivity contribution in [2.75, 3.05) is 10.6 Å². The maximum atomic E-state index is 13.8. The number of benzene rings is 2. The Balaban J connectivity index is 1.80. The zero-order valence-electron chi connectivity index (χ0n) is 21.2. The molecule has 1 aliphatic rings. The van der Waals surface area contributed by atoms with Crippen LogP contribution in [-0.2, 0) is 21.4 Å². The number of aromatic nitrogens is 2. The summed E-state index contributed by atoms with van der Waals surface area (Å²) in [6.45, 7) is 7.05. The van der Waals surface area contributed by atoms with Crippen molar-refractivity contribution in [3.63, 3.8) is 0 Å².